The van der Waals surface area contributed by atoms with Crippen LogP contribution in [0.15, 0.2) is 0 Å². The smallest absolute Gasteiger partial charge is 0.233 e. The molecule has 14 heavy (non-hydrogen) atoms. The Morgan fingerprint density at radius 1 is 1.64 bits per heavy atom. The molecule has 1 saturated heterocycles. The van der Waals surface area contributed by atoms with Crippen LogP contribution in [0.1, 0.15) is 26.7 Å². The van der Waals surface area contributed by atoms with E-state index < -0.39 is 0 Å². The van der Waals surface area contributed by atoms with Crippen molar-refractivity contribution < 1.29 is 4.79 Å². The highest BCUT2D eigenvalue weighted by Gasteiger charge is 2.22. The van der Waals surface area contributed by atoms with Crippen LogP contribution in [0.4, 0.5) is 0 Å². The number of carbonyl (C=O) groups is 1. The number of amides is 1. The minimum atomic E-state index is 0.212. The zero-order valence-corrected chi connectivity index (χ0v) is 9.82. The molecule has 1 heterocycles. The second-order valence-corrected chi connectivity index (χ2v) is 5.02. The second kappa shape index (κ2) is 6.30. The van der Waals surface area contributed by atoms with Crippen molar-refractivity contribution >= 4 is 17.7 Å². The molecule has 0 aromatic heterocycles. The summed E-state index contributed by atoms with van der Waals surface area (Å²) in [5.74, 6) is 1.36. The first-order chi connectivity index (χ1) is 6.74. The summed E-state index contributed by atoms with van der Waals surface area (Å²) in [6, 6.07) is 0.371. The van der Waals surface area contributed by atoms with Gasteiger partial charge in [-0.1, -0.05) is 6.92 Å². The molecule has 1 unspecified atom stereocenters. The van der Waals surface area contributed by atoms with Gasteiger partial charge in [-0.25, -0.2) is 0 Å². The van der Waals surface area contributed by atoms with Crippen molar-refractivity contribution in [1.29, 1.82) is 0 Å². The standard InChI is InChI=1S/C10H20N2OS/c1-3-11-8(2)7-12-10(13)9-5-4-6-14-9/h8-9,11H,3-7H2,1-2H3,(H,12,13)/t8-,9?/m1/s1. The Morgan fingerprint density at radius 3 is 3.00 bits per heavy atom. The molecule has 2 atom stereocenters. The van der Waals surface area contributed by atoms with Crippen LogP contribution >= 0.6 is 11.8 Å². The molecule has 0 bridgehead atoms. The fourth-order valence-corrected chi connectivity index (χ4v) is 2.76. The number of likely N-dealkylation sites (N-methyl/N-ethyl adjacent to an activating group) is 1. The van der Waals surface area contributed by atoms with Crippen molar-refractivity contribution in [3.63, 3.8) is 0 Å². The average molecular weight is 216 g/mol. The molecule has 4 heteroatoms. The first-order valence-electron chi connectivity index (χ1n) is 5.36. The molecule has 3 nitrogen and oxygen atoms in total. The van der Waals surface area contributed by atoms with E-state index in [-0.39, 0.29) is 11.2 Å². The van der Waals surface area contributed by atoms with E-state index in [1.165, 1.54) is 6.42 Å². The Hall–Kier alpha value is -0.220. The highest BCUT2D eigenvalue weighted by molar-refractivity contribution is 8.00. The monoisotopic (exact) mass is 216 g/mol. The molecule has 0 aromatic carbocycles. The van der Waals surface area contributed by atoms with Gasteiger partial charge in [0.1, 0.15) is 0 Å². The van der Waals surface area contributed by atoms with Gasteiger partial charge in [-0.3, -0.25) is 4.79 Å². The number of hydrogen-bond donors (Lipinski definition) is 2. The normalized spacial score (nSPS) is 23.4. The number of hydrogen-bond acceptors (Lipinski definition) is 3. The first kappa shape index (κ1) is 11.9. The highest BCUT2D eigenvalue weighted by atomic mass is 32.2. The van der Waals surface area contributed by atoms with Crippen LogP contribution in [0.5, 0.6) is 0 Å². The van der Waals surface area contributed by atoms with Crippen LogP contribution in [0.3, 0.4) is 0 Å². The quantitative estimate of drug-likeness (QED) is 0.720. The van der Waals surface area contributed by atoms with Crippen LogP contribution in [-0.4, -0.2) is 36.0 Å². The summed E-state index contributed by atoms with van der Waals surface area (Å²) in [7, 11) is 0. The lowest BCUT2D eigenvalue weighted by Gasteiger charge is -2.15. The number of carbonyl (C=O) groups excluding carboxylic acids is 1. The Balaban J connectivity index is 2.13. The van der Waals surface area contributed by atoms with E-state index >= 15 is 0 Å². The predicted molar refractivity (Wildman–Crippen MR) is 61.6 cm³/mol. The third-order valence-corrected chi connectivity index (χ3v) is 3.73. The molecule has 1 rings (SSSR count). The minimum absolute atomic E-state index is 0.212. The van der Waals surface area contributed by atoms with Gasteiger partial charge in [-0.2, -0.15) is 0 Å². The van der Waals surface area contributed by atoms with E-state index in [1.807, 2.05) is 0 Å². The lowest BCUT2D eigenvalue weighted by Crippen LogP contribution is -2.41. The summed E-state index contributed by atoms with van der Waals surface area (Å²) in [6.07, 6.45) is 2.23. The van der Waals surface area contributed by atoms with Crippen LogP contribution in [-0.2, 0) is 4.79 Å². The fourth-order valence-electron chi connectivity index (χ4n) is 1.57. The third kappa shape index (κ3) is 3.88. The third-order valence-electron chi connectivity index (χ3n) is 2.36. The Labute approximate surface area is 90.4 Å². The van der Waals surface area contributed by atoms with Gasteiger partial charge in [0.2, 0.25) is 5.91 Å². The second-order valence-electron chi connectivity index (χ2n) is 3.71. The maximum Gasteiger partial charge on any atom is 0.233 e. The lowest BCUT2D eigenvalue weighted by atomic mass is 10.2. The molecule has 1 fully saturated rings. The van der Waals surface area contributed by atoms with E-state index in [2.05, 4.69) is 24.5 Å². The molecular formula is C10H20N2OS. The number of rotatable bonds is 5. The van der Waals surface area contributed by atoms with Crippen molar-refractivity contribution in [3.05, 3.63) is 0 Å². The molecule has 0 aromatic rings. The van der Waals surface area contributed by atoms with Crippen molar-refractivity contribution in [3.8, 4) is 0 Å². The average Bonchev–Trinajstić information content (AvgIpc) is 2.67. The van der Waals surface area contributed by atoms with Gasteiger partial charge in [-0.05, 0) is 32.1 Å². The molecule has 0 saturated carbocycles. The maximum absolute atomic E-state index is 11.6. The number of nitrogens with one attached hydrogen (secondary N) is 2. The highest BCUT2D eigenvalue weighted by Crippen LogP contribution is 2.25. The summed E-state index contributed by atoms with van der Waals surface area (Å²) in [4.78, 5) is 11.6. The van der Waals surface area contributed by atoms with Gasteiger partial charge < -0.3 is 10.6 Å². The molecule has 2 N–H and O–H groups in total. The molecule has 1 aliphatic heterocycles. The SMILES string of the molecule is CCN[C@H](C)CNC(=O)C1CCCS1. The van der Waals surface area contributed by atoms with Crippen LogP contribution < -0.4 is 10.6 Å². The van der Waals surface area contributed by atoms with Crippen molar-refractivity contribution in [2.24, 2.45) is 0 Å². The lowest BCUT2D eigenvalue weighted by molar-refractivity contribution is -0.120. The summed E-state index contributed by atoms with van der Waals surface area (Å²) >= 11 is 1.78. The molecule has 0 spiro atoms. The zero-order valence-electron chi connectivity index (χ0n) is 9.01. The van der Waals surface area contributed by atoms with Gasteiger partial charge in [0.15, 0.2) is 0 Å². The van der Waals surface area contributed by atoms with E-state index in [0.29, 0.717) is 6.04 Å². The summed E-state index contributed by atoms with van der Waals surface area (Å²) in [5.41, 5.74) is 0. The van der Waals surface area contributed by atoms with E-state index in [0.717, 1.165) is 25.3 Å². The van der Waals surface area contributed by atoms with Gasteiger partial charge in [-0.15, -0.1) is 11.8 Å². The summed E-state index contributed by atoms with van der Waals surface area (Å²) in [6.45, 7) is 5.86. The predicted octanol–water partition coefficient (Wildman–Crippen LogP) is 0.996. The maximum atomic E-state index is 11.6. The minimum Gasteiger partial charge on any atom is -0.354 e. The molecule has 1 aliphatic rings. The topological polar surface area (TPSA) is 41.1 Å². The summed E-state index contributed by atoms with van der Waals surface area (Å²) in [5, 5.41) is 6.47. The van der Waals surface area contributed by atoms with Gasteiger partial charge in [0, 0.05) is 12.6 Å². The zero-order chi connectivity index (χ0) is 10.4. The Morgan fingerprint density at radius 2 is 2.43 bits per heavy atom. The molecular weight excluding hydrogens is 196 g/mol. The van der Waals surface area contributed by atoms with Crippen molar-refractivity contribution in [1.82, 2.24) is 10.6 Å². The van der Waals surface area contributed by atoms with Gasteiger partial charge >= 0.3 is 0 Å². The Kier molecular flexibility index (Phi) is 5.33. The van der Waals surface area contributed by atoms with E-state index in [4.69, 9.17) is 0 Å². The largest absolute Gasteiger partial charge is 0.354 e. The molecule has 82 valence electrons. The van der Waals surface area contributed by atoms with E-state index in [1.54, 1.807) is 11.8 Å². The molecule has 0 radical (unpaired) electrons. The van der Waals surface area contributed by atoms with E-state index in [9.17, 15) is 4.79 Å². The molecule has 0 aliphatic carbocycles. The molecule has 1 amide bonds. The fraction of sp³-hybridized carbons (Fsp3) is 0.900. The van der Waals surface area contributed by atoms with Crippen LogP contribution in [0.2, 0.25) is 0 Å². The summed E-state index contributed by atoms with van der Waals surface area (Å²) < 4.78 is 0. The van der Waals surface area contributed by atoms with Gasteiger partial charge in [0.05, 0.1) is 5.25 Å². The van der Waals surface area contributed by atoms with Crippen molar-refractivity contribution in [2.45, 2.75) is 38.0 Å². The number of thioether (sulfide) groups is 1. The first-order valence-corrected chi connectivity index (χ1v) is 6.41. The van der Waals surface area contributed by atoms with Crippen molar-refractivity contribution in [2.75, 3.05) is 18.8 Å². The van der Waals surface area contributed by atoms with Crippen LogP contribution in [0.25, 0.3) is 0 Å². The Bertz CT molecular complexity index is 181. The van der Waals surface area contributed by atoms with Crippen LogP contribution in [0, 0.1) is 0 Å². The van der Waals surface area contributed by atoms with Gasteiger partial charge in [0.25, 0.3) is 0 Å².